The van der Waals surface area contributed by atoms with Gasteiger partial charge in [0, 0.05) is 30.8 Å². The first-order valence-corrected chi connectivity index (χ1v) is 9.86. The molecule has 2 N–H and O–H groups in total. The van der Waals surface area contributed by atoms with Gasteiger partial charge in [-0.05, 0) is 62.2 Å². The van der Waals surface area contributed by atoms with Crippen molar-refractivity contribution in [3.63, 3.8) is 0 Å². The van der Waals surface area contributed by atoms with Gasteiger partial charge in [-0.1, -0.05) is 17.2 Å². The first-order valence-electron chi connectivity index (χ1n) is 9.86. The fourth-order valence-corrected chi connectivity index (χ4v) is 3.85. The summed E-state index contributed by atoms with van der Waals surface area (Å²) in [4.78, 5) is 14.8. The van der Waals surface area contributed by atoms with E-state index in [0.29, 0.717) is 0 Å². The maximum Gasteiger partial charge on any atom is 0.251 e. The number of hydrogen-bond acceptors (Lipinski definition) is 4. The van der Waals surface area contributed by atoms with Crippen molar-refractivity contribution < 1.29 is 9.53 Å². The Hall–Kier alpha value is -3.28. The Morgan fingerprint density at radius 2 is 1.86 bits per heavy atom. The predicted octanol–water partition coefficient (Wildman–Crippen LogP) is 3.71. The first kappa shape index (κ1) is 19.1. The largest absolute Gasteiger partial charge is 0.497 e. The molecule has 1 atom stereocenters. The number of carbonyl (C=O) groups is 1. The van der Waals surface area contributed by atoms with Crippen LogP contribution in [0.2, 0.25) is 0 Å². The maximum atomic E-state index is 12.6. The number of rotatable bonds is 5. The molecule has 1 aromatic heterocycles. The van der Waals surface area contributed by atoms with Crippen LogP contribution in [-0.4, -0.2) is 42.3 Å². The van der Waals surface area contributed by atoms with Gasteiger partial charge in [0.2, 0.25) is 0 Å². The molecule has 6 heteroatoms. The van der Waals surface area contributed by atoms with E-state index in [9.17, 15) is 4.79 Å². The summed E-state index contributed by atoms with van der Waals surface area (Å²) >= 11 is 0. The van der Waals surface area contributed by atoms with Crippen LogP contribution in [0, 0.1) is 13.8 Å². The Morgan fingerprint density at radius 1 is 1.14 bits per heavy atom. The summed E-state index contributed by atoms with van der Waals surface area (Å²) in [5, 5.41) is 10.7. The van der Waals surface area contributed by atoms with E-state index in [1.54, 1.807) is 7.11 Å². The van der Waals surface area contributed by atoms with Gasteiger partial charge < -0.3 is 15.0 Å². The molecule has 6 nitrogen and oxygen atoms in total. The highest BCUT2D eigenvalue weighted by atomic mass is 16.5. The number of methoxy groups -OCH3 is 1. The van der Waals surface area contributed by atoms with Crippen LogP contribution in [0.1, 0.15) is 27.9 Å². The van der Waals surface area contributed by atoms with E-state index in [2.05, 4.69) is 32.5 Å². The molecule has 0 radical (unpaired) electrons. The van der Waals surface area contributed by atoms with Crippen LogP contribution in [-0.2, 0) is 0 Å². The number of aromatic amines is 1. The van der Waals surface area contributed by atoms with E-state index in [-0.39, 0.29) is 11.9 Å². The van der Waals surface area contributed by atoms with Gasteiger partial charge in [0.25, 0.3) is 5.91 Å². The minimum absolute atomic E-state index is 0.00963. The predicted molar refractivity (Wildman–Crippen MR) is 115 cm³/mol. The summed E-state index contributed by atoms with van der Waals surface area (Å²) in [6, 6.07) is 16.0. The monoisotopic (exact) mass is 390 g/mol. The van der Waals surface area contributed by atoms with Gasteiger partial charge in [0.1, 0.15) is 5.75 Å². The van der Waals surface area contributed by atoms with Crippen molar-refractivity contribution in [3.05, 3.63) is 65.2 Å². The molecule has 1 aliphatic heterocycles. The second kappa shape index (κ2) is 7.99. The molecule has 3 aromatic rings. The number of carbonyl (C=O) groups excluding carboxylic acids is 1. The highest BCUT2D eigenvalue weighted by molar-refractivity contribution is 5.94. The lowest BCUT2D eigenvalue weighted by Gasteiger charge is -2.16. The molecule has 0 spiro atoms. The maximum absolute atomic E-state index is 12.6. The minimum atomic E-state index is -0.00963. The number of H-pyrrole nitrogens is 1. The van der Waals surface area contributed by atoms with Gasteiger partial charge in [-0.2, -0.15) is 5.10 Å². The molecular formula is C23H26N4O2. The lowest BCUT2D eigenvalue weighted by molar-refractivity contribution is 0.0940. The van der Waals surface area contributed by atoms with Gasteiger partial charge in [-0.25, -0.2) is 0 Å². The smallest absolute Gasteiger partial charge is 0.251 e. The van der Waals surface area contributed by atoms with Gasteiger partial charge in [-0.3, -0.25) is 9.89 Å². The molecule has 150 valence electrons. The van der Waals surface area contributed by atoms with Crippen molar-refractivity contribution in [1.29, 1.82) is 0 Å². The van der Waals surface area contributed by atoms with Crippen LogP contribution in [0.3, 0.4) is 0 Å². The van der Waals surface area contributed by atoms with Crippen LogP contribution < -0.4 is 15.0 Å². The molecule has 1 aliphatic rings. The van der Waals surface area contributed by atoms with Crippen LogP contribution in [0.25, 0.3) is 11.3 Å². The molecule has 0 unspecified atom stereocenters. The van der Waals surface area contributed by atoms with Crippen molar-refractivity contribution >= 4 is 11.7 Å². The van der Waals surface area contributed by atoms with E-state index in [1.807, 2.05) is 50.2 Å². The Balaban J connectivity index is 1.39. The quantitative estimate of drug-likeness (QED) is 0.697. The molecule has 2 heterocycles. The lowest BCUT2D eigenvalue weighted by atomic mass is 10.1. The number of ether oxygens (including phenoxy) is 1. The van der Waals surface area contributed by atoms with E-state index in [4.69, 9.17) is 4.74 Å². The fraction of sp³-hybridized carbons (Fsp3) is 0.304. The van der Waals surface area contributed by atoms with Crippen LogP contribution >= 0.6 is 0 Å². The summed E-state index contributed by atoms with van der Waals surface area (Å²) in [6.45, 7) is 5.65. The molecular weight excluding hydrogens is 364 g/mol. The SMILES string of the molecule is COc1ccc(-c2cc(N3CC[C@@H](NC(=O)c4cc(C)cc(C)c4)C3)n[nH]2)cc1. The van der Waals surface area contributed by atoms with E-state index in [1.165, 1.54) is 0 Å². The molecule has 2 aromatic carbocycles. The number of aryl methyl sites for hydroxylation is 2. The number of anilines is 1. The summed E-state index contributed by atoms with van der Waals surface area (Å²) in [5.74, 6) is 1.72. The van der Waals surface area contributed by atoms with Crippen LogP contribution in [0.5, 0.6) is 5.75 Å². The van der Waals surface area contributed by atoms with Crippen molar-refractivity contribution in [2.75, 3.05) is 25.1 Å². The molecule has 1 amide bonds. The number of nitrogens with zero attached hydrogens (tertiary/aromatic N) is 2. The van der Waals surface area contributed by atoms with Gasteiger partial charge in [0.15, 0.2) is 5.82 Å². The zero-order chi connectivity index (χ0) is 20.4. The highest BCUT2D eigenvalue weighted by Crippen LogP contribution is 2.26. The average Bonchev–Trinajstić information content (AvgIpc) is 3.37. The Kier molecular flexibility index (Phi) is 5.25. The van der Waals surface area contributed by atoms with Gasteiger partial charge >= 0.3 is 0 Å². The highest BCUT2D eigenvalue weighted by Gasteiger charge is 2.26. The van der Waals surface area contributed by atoms with Gasteiger partial charge in [-0.15, -0.1) is 0 Å². The molecule has 29 heavy (non-hydrogen) atoms. The standard InChI is InChI=1S/C23H26N4O2/c1-15-10-16(2)12-18(11-15)23(28)24-19-8-9-27(14-19)22-13-21(25-26-22)17-4-6-20(29-3)7-5-17/h4-7,10-13,19H,8-9,14H2,1-3H3,(H,24,28)(H,25,26)/t19-/m1/s1. The Morgan fingerprint density at radius 3 is 2.55 bits per heavy atom. The number of nitrogens with one attached hydrogen (secondary N) is 2. The van der Waals surface area contributed by atoms with E-state index >= 15 is 0 Å². The zero-order valence-corrected chi connectivity index (χ0v) is 17.0. The second-order valence-electron chi connectivity index (χ2n) is 7.65. The zero-order valence-electron chi connectivity index (χ0n) is 17.0. The molecule has 0 saturated carbocycles. The Bertz CT molecular complexity index is 990. The van der Waals surface area contributed by atoms with Crippen LogP contribution in [0.15, 0.2) is 48.5 Å². The third-order valence-electron chi connectivity index (χ3n) is 5.30. The summed E-state index contributed by atoms with van der Waals surface area (Å²) < 4.78 is 5.21. The molecule has 0 bridgehead atoms. The number of amides is 1. The van der Waals surface area contributed by atoms with E-state index in [0.717, 1.165) is 59.0 Å². The molecule has 1 fully saturated rings. The van der Waals surface area contributed by atoms with Gasteiger partial charge in [0.05, 0.1) is 12.8 Å². The van der Waals surface area contributed by atoms with Crippen molar-refractivity contribution in [1.82, 2.24) is 15.5 Å². The summed E-state index contributed by atoms with van der Waals surface area (Å²) in [6.07, 6.45) is 0.904. The minimum Gasteiger partial charge on any atom is -0.497 e. The van der Waals surface area contributed by atoms with Crippen molar-refractivity contribution in [2.45, 2.75) is 26.3 Å². The summed E-state index contributed by atoms with van der Waals surface area (Å²) in [5.41, 5.74) is 4.95. The molecule has 1 saturated heterocycles. The third kappa shape index (κ3) is 4.26. The second-order valence-corrected chi connectivity index (χ2v) is 7.65. The first-order chi connectivity index (χ1) is 14.0. The van der Waals surface area contributed by atoms with Crippen molar-refractivity contribution in [3.8, 4) is 17.0 Å². The van der Waals surface area contributed by atoms with Crippen LogP contribution in [0.4, 0.5) is 5.82 Å². The molecule has 0 aliphatic carbocycles. The van der Waals surface area contributed by atoms with E-state index < -0.39 is 0 Å². The topological polar surface area (TPSA) is 70.2 Å². The fourth-order valence-electron chi connectivity index (χ4n) is 3.85. The number of hydrogen-bond donors (Lipinski definition) is 2. The third-order valence-corrected chi connectivity index (χ3v) is 5.30. The number of benzene rings is 2. The lowest BCUT2D eigenvalue weighted by Crippen LogP contribution is -2.37. The average molecular weight is 390 g/mol. The number of aromatic nitrogens is 2. The normalized spacial score (nSPS) is 16.1. The Labute approximate surface area is 170 Å². The van der Waals surface area contributed by atoms with Crippen molar-refractivity contribution in [2.24, 2.45) is 0 Å². The summed E-state index contributed by atoms with van der Waals surface area (Å²) in [7, 11) is 1.66. The molecule has 4 rings (SSSR count).